The number of esters is 1. The Hall–Kier alpha value is -2.86. The Morgan fingerprint density at radius 1 is 1.06 bits per heavy atom. The molecule has 0 N–H and O–H groups in total. The number of carbonyl (C=O) groups is 2. The van der Waals surface area contributed by atoms with Crippen molar-refractivity contribution in [1.29, 1.82) is 0 Å². The molecular formula is C26H34N2O4. The Morgan fingerprint density at radius 3 is 2.47 bits per heavy atom. The summed E-state index contributed by atoms with van der Waals surface area (Å²) in [6, 6.07) is 17.7. The maximum atomic E-state index is 13.3. The van der Waals surface area contributed by atoms with Crippen molar-refractivity contribution in [2.75, 3.05) is 27.7 Å². The van der Waals surface area contributed by atoms with Crippen molar-refractivity contribution in [3.63, 3.8) is 0 Å². The van der Waals surface area contributed by atoms with E-state index in [9.17, 15) is 9.59 Å². The second-order valence-corrected chi connectivity index (χ2v) is 8.63. The molecule has 2 aromatic rings. The van der Waals surface area contributed by atoms with Gasteiger partial charge in [0.25, 0.3) is 0 Å². The monoisotopic (exact) mass is 438 g/mol. The highest BCUT2D eigenvalue weighted by molar-refractivity contribution is 5.73. The van der Waals surface area contributed by atoms with Crippen LogP contribution >= 0.6 is 0 Å². The van der Waals surface area contributed by atoms with E-state index in [0.29, 0.717) is 12.3 Å². The average Bonchev–Trinajstić information content (AvgIpc) is 2.82. The maximum absolute atomic E-state index is 13.3. The minimum Gasteiger partial charge on any atom is -0.469 e. The number of hydrogen-bond acceptors (Lipinski definition) is 5. The Kier molecular flexibility index (Phi) is 8.28. The summed E-state index contributed by atoms with van der Waals surface area (Å²) >= 11 is 0. The van der Waals surface area contributed by atoms with Crippen molar-refractivity contribution >= 4 is 12.1 Å². The first-order chi connectivity index (χ1) is 15.4. The number of benzene rings is 2. The van der Waals surface area contributed by atoms with Crippen molar-refractivity contribution < 1.29 is 19.1 Å². The van der Waals surface area contributed by atoms with E-state index in [0.717, 1.165) is 30.4 Å². The molecule has 1 saturated heterocycles. The number of hydrogen-bond donors (Lipinski definition) is 0. The molecule has 1 aliphatic heterocycles. The number of piperidine rings is 1. The molecule has 6 heteroatoms. The van der Waals surface area contributed by atoms with Crippen molar-refractivity contribution in [2.24, 2.45) is 0 Å². The van der Waals surface area contributed by atoms with E-state index in [2.05, 4.69) is 11.8 Å². The van der Waals surface area contributed by atoms with Crippen LogP contribution < -0.4 is 4.74 Å². The van der Waals surface area contributed by atoms with Crippen LogP contribution in [0.4, 0.5) is 4.79 Å². The lowest BCUT2D eigenvalue weighted by Crippen LogP contribution is -2.48. The standard InChI is InChI=1S/C26H34N2O4/c1-19(27(2)3)21-13-10-14-22(17-21)32-26(30)28-16-9-8-15-24(28)23(18-25(29)31-4)20-11-6-5-7-12-20/h5-7,10-14,17,19,23-24H,8-9,15-16,18H2,1-4H3/t19-,23?,24?/m0/s1. The van der Waals surface area contributed by atoms with Gasteiger partial charge < -0.3 is 19.3 Å². The molecule has 32 heavy (non-hydrogen) atoms. The van der Waals surface area contributed by atoms with Crippen LogP contribution in [-0.2, 0) is 9.53 Å². The third kappa shape index (κ3) is 5.88. The molecule has 6 nitrogen and oxygen atoms in total. The van der Waals surface area contributed by atoms with Gasteiger partial charge in [-0.15, -0.1) is 0 Å². The van der Waals surface area contributed by atoms with Gasteiger partial charge in [0.1, 0.15) is 5.75 Å². The summed E-state index contributed by atoms with van der Waals surface area (Å²) in [5.74, 6) is 0.120. The molecule has 2 aromatic carbocycles. The number of nitrogens with zero attached hydrogens (tertiary/aromatic N) is 2. The molecule has 1 fully saturated rings. The van der Waals surface area contributed by atoms with Gasteiger partial charge in [0.15, 0.2) is 0 Å². The lowest BCUT2D eigenvalue weighted by Gasteiger charge is -2.39. The van der Waals surface area contributed by atoms with Gasteiger partial charge in [0.2, 0.25) is 0 Å². The van der Waals surface area contributed by atoms with E-state index >= 15 is 0 Å². The molecule has 3 rings (SSSR count). The highest BCUT2D eigenvalue weighted by Crippen LogP contribution is 2.34. The van der Waals surface area contributed by atoms with E-state index in [1.54, 1.807) is 4.90 Å². The summed E-state index contributed by atoms with van der Waals surface area (Å²) in [5.41, 5.74) is 2.12. The zero-order chi connectivity index (χ0) is 23.1. The average molecular weight is 439 g/mol. The summed E-state index contributed by atoms with van der Waals surface area (Å²) in [7, 11) is 5.44. The van der Waals surface area contributed by atoms with Crippen LogP contribution in [-0.4, -0.2) is 55.7 Å². The van der Waals surface area contributed by atoms with Crippen molar-refractivity contribution in [3.8, 4) is 5.75 Å². The second-order valence-electron chi connectivity index (χ2n) is 8.63. The fraction of sp³-hybridized carbons (Fsp3) is 0.462. The molecule has 1 aliphatic rings. The molecule has 0 bridgehead atoms. The van der Waals surface area contributed by atoms with Crippen LogP contribution in [0.3, 0.4) is 0 Å². The lowest BCUT2D eigenvalue weighted by atomic mass is 9.83. The van der Waals surface area contributed by atoms with Crippen molar-refractivity contribution in [2.45, 2.75) is 50.6 Å². The number of ether oxygens (including phenoxy) is 2. The quantitative estimate of drug-likeness (QED) is 0.569. The number of amides is 1. The highest BCUT2D eigenvalue weighted by atomic mass is 16.6. The fourth-order valence-corrected chi connectivity index (χ4v) is 4.34. The largest absolute Gasteiger partial charge is 0.469 e. The molecule has 3 atom stereocenters. The fourth-order valence-electron chi connectivity index (χ4n) is 4.34. The van der Waals surface area contributed by atoms with Crippen molar-refractivity contribution in [1.82, 2.24) is 9.80 Å². The van der Waals surface area contributed by atoms with Gasteiger partial charge in [-0.2, -0.15) is 0 Å². The van der Waals surface area contributed by atoms with E-state index < -0.39 is 0 Å². The van der Waals surface area contributed by atoms with E-state index in [4.69, 9.17) is 9.47 Å². The molecule has 1 heterocycles. The first-order valence-electron chi connectivity index (χ1n) is 11.3. The molecule has 0 radical (unpaired) electrons. The summed E-state index contributed by atoms with van der Waals surface area (Å²) in [4.78, 5) is 29.4. The van der Waals surface area contributed by atoms with Crippen molar-refractivity contribution in [3.05, 3.63) is 65.7 Å². The van der Waals surface area contributed by atoms with Gasteiger partial charge in [-0.25, -0.2) is 4.79 Å². The lowest BCUT2D eigenvalue weighted by molar-refractivity contribution is -0.141. The Labute approximate surface area is 191 Å². The molecule has 1 amide bonds. The smallest absolute Gasteiger partial charge is 0.415 e. The first kappa shape index (κ1) is 23.8. The third-order valence-corrected chi connectivity index (χ3v) is 6.41. The Morgan fingerprint density at radius 2 is 1.78 bits per heavy atom. The normalized spacial score (nSPS) is 18.2. The van der Waals surface area contributed by atoms with Crippen LogP contribution in [0.25, 0.3) is 0 Å². The molecule has 172 valence electrons. The third-order valence-electron chi connectivity index (χ3n) is 6.41. The SMILES string of the molecule is COC(=O)CC(c1ccccc1)C1CCCCN1C(=O)Oc1cccc([C@H](C)N(C)C)c1. The van der Waals surface area contributed by atoms with Gasteiger partial charge in [-0.1, -0.05) is 42.5 Å². The van der Waals surface area contributed by atoms with Gasteiger partial charge >= 0.3 is 12.1 Å². The summed E-state index contributed by atoms with van der Waals surface area (Å²) in [5, 5.41) is 0. The van der Waals surface area contributed by atoms with Gasteiger partial charge in [-0.3, -0.25) is 4.79 Å². The Bertz CT molecular complexity index is 900. The Balaban J connectivity index is 1.82. The molecular weight excluding hydrogens is 404 g/mol. The van der Waals surface area contributed by atoms with Gasteiger partial charge in [-0.05, 0) is 63.5 Å². The van der Waals surface area contributed by atoms with Crippen LogP contribution in [0.2, 0.25) is 0 Å². The summed E-state index contributed by atoms with van der Waals surface area (Å²) in [6.07, 6.45) is 2.61. The molecule has 0 aromatic heterocycles. The number of methoxy groups -OCH3 is 1. The minimum absolute atomic E-state index is 0.123. The molecule has 2 unspecified atom stereocenters. The zero-order valence-corrected chi connectivity index (χ0v) is 19.5. The van der Waals surface area contributed by atoms with Crippen LogP contribution in [0.15, 0.2) is 54.6 Å². The summed E-state index contributed by atoms with van der Waals surface area (Å²) < 4.78 is 10.8. The zero-order valence-electron chi connectivity index (χ0n) is 19.5. The second kappa shape index (κ2) is 11.1. The maximum Gasteiger partial charge on any atom is 0.415 e. The topological polar surface area (TPSA) is 59.1 Å². The van der Waals surface area contributed by atoms with Crippen LogP contribution in [0.5, 0.6) is 5.75 Å². The van der Waals surface area contributed by atoms with Crippen LogP contribution in [0, 0.1) is 0 Å². The predicted molar refractivity (Wildman–Crippen MR) is 125 cm³/mol. The van der Waals surface area contributed by atoms with E-state index in [1.807, 2.05) is 68.7 Å². The van der Waals surface area contributed by atoms with Gasteiger partial charge in [0, 0.05) is 24.5 Å². The first-order valence-corrected chi connectivity index (χ1v) is 11.3. The predicted octanol–water partition coefficient (Wildman–Crippen LogP) is 5.01. The number of carbonyl (C=O) groups excluding carboxylic acids is 2. The number of rotatable bonds is 7. The minimum atomic E-state index is -0.366. The highest BCUT2D eigenvalue weighted by Gasteiger charge is 2.36. The van der Waals surface area contributed by atoms with Gasteiger partial charge in [0.05, 0.1) is 13.5 Å². The molecule has 0 saturated carbocycles. The summed E-state index contributed by atoms with van der Waals surface area (Å²) in [6.45, 7) is 2.72. The molecule has 0 spiro atoms. The number of likely N-dealkylation sites (tertiary alicyclic amines) is 1. The van der Waals surface area contributed by atoms with E-state index in [1.165, 1.54) is 7.11 Å². The van der Waals surface area contributed by atoms with E-state index in [-0.39, 0.29) is 36.5 Å². The van der Waals surface area contributed by atoms with Crippen LogP contribution in [0.1, 0.15) is 55.7 Å². The molecule has 0 aliphatic carbocycles.